The maximum atomic E-state index is 6.41. The molecule has 1 aromatic heterocycles. The molecule has 0 bridgehead atoms. The smallest absolute Gasteiger partial charge is 0.137 e. The van der Waals surface area contributed by atoms with E-state index in [1.54, 1.807) is 0 Å². The van der Waals surface area contributed by atoms with Crippen molar-refractivity contribution in [2.75, 3.05) is 4.90 Å². The third kappa shape index (κ3) is 4.81. The van der Waals surface area contributed by atoms with Crippen LogP contribution in [0.2, 0.25) is 0 Å². The number of hydrogen-bond donors (Lipinski definition) is 0. The SMILES string of the molecule is Cc1c(-c2ccccc2C2c3ccccc3Oc3ccccc32)cccc1N(c1ccc2ccccc2c1)c1ccc2c(c1)oc1ccccc12. The third-order valence-corrected chi connectivity index (χ3v) is 10.4. The minimum Gasteiger partial charge on any atom is -0.457 e. The summed E-state index contributed by atoms with van der Waals surface area (Å²) in [7, 11) is 0. The fraction of sp³-hybridized carbons (Fsp3) is 0.0417. The summed E-state index contributed by atoms with van der Waals surface area (Å²) in [6, 6.07) is 62.5. The van der Waals surface area contributed by atoms with Crippen LogP contribution in [0, 0.1) is 6.92 Å². The van der Waals surface area contributed by atoms with Gasteiger partial charge in [0.2, 0.25) is 0 Å². The Morgan fingerprint density at radius 1 is 0.451 bits per heavy atom. The molecule has 1 aliphatic rings. The molecule has 0 N–H and O–H groups in total. The van der Waals surface area contributed by atoms with Gasteiger partial charge in [0.05, 0.1) is 0 Å². The van der Waals surface area contributed by atoms with Gasteiger partial charge in [0.1, 0.15) is 22.7 Å². The molecular formula is C48H33NO2. The normalized spacial score (nSPS) is 12.5. The summed E-state index contributed by atoms with van der Waals surface area (Å²) in [5.41, 5.74) is 12.2. The lowest BCUT2D eigenvalue weighted by Crippen LogP contribution is -2.13. The lowest BCUT2D eigenvalue weighted by Gasteiger charge is -2.31. The Morgan fingerprint density at radius 3 is 1.88 bits per heavy atom. The molecule has 242 valence electrons. The van der Waals surface area contributed by atoms with Gasteiger partial charge in [-0.2, -0.15) is 0 Å². The van der Waals surface area contributed by atoms with Crippen LogP contribution >= 0.6 is 0 Å². The lowest BCUT2D eigenvalue weighted by atomic mass is 9.79. The standard InChI is InChI=1S/C48H33NO2/c1-31-36(37-15-4-5-17-40(37)48-41-18-7-10-23-45(41)50-46-24-11-8-19-42(46)48)20-12-21-43(31)49(34-26-25-32-13-2-3-14-33(32)29-34)35-27-28-39-38-16-6-9-22-44(38)51-47(39)30-35/h2-30,48H,1H3. The molecule has 0 atom stereocenters. The van der Waals surface area contributed by atoms with Crippen LogP contribution in [-0.2, 0) is 0 Å². The summed E-state index contributed by atoms with van der Waals surface area (Å²) in [4.78, 5) is 2.37. The first-order valence-electron chi connectivity index (χ1n) is 17.5. The van der Waals surface area contributed by atoms with Crippen molar-refractivity contribution in [2.45, 2.75) is 12.8 Å². The third-order valence-electron chi connectivity index (χ3n) is 10.4. The number of benzene rings is 8. The molecule has 1 aliphatic heterocycles. The van der Waals surface area contributed by atoms with Crippen molar-refractivity contribution in [1.82, 2.24) is 0 Å². The molecular weight excluding hydrogens is 623 g/mol. The Hall–Kier alpha value is -6.58. The van der Waals surface area contributed by atoms with Gasteiger partial charge >= 0.3 is 0 Å². The van der Waals surface area contributed by atoms with Crippen molar-refractivity contribution in [3.8, 4) is 22.6 Å². The van der Waals surface area contributed by atoms with Crippen LogP contribution in [0.3, 0.4) is 0 Å². The van der Waals surface area contributed by atoms with Crippen LogP contribution in [0.1, 0.15) is 28.2 Å². The molecule has 0 fully saturated rings. The van der Waals surface area contributed by atoms with Crippen LogP contribution < -0.4 is 9.64 Å². The zero-order valence-electron chi connectivity index (χ0n) is 28.1. The number of fused-ring (bicyclic) bond motifs is 6. The molecule has 0 saturated carbocycles. The van der Waals surface area contributed by atoms with Gasteiger partial charge in [-0.1, -0.05) is 121 Å². The van der Waals surface area contributed by atoms with Gasteiger partial charge in [0.25, 0.3) is 0 Å². The van der Waals surface area contributed by atoms with E-state index in [4.69, 9.17) is 9.15 Å². The Morgan fingerprint density at radius 2 is 1.06 bits per heavy atom. The zero-order valence-corrected chi connectivity index (χ0v) is 28.1. The van der Waals surface area contributed by atoms with Gasteiger partial charge in [-0.25, -0.2) is 0 Å². The molecule has 0 amide bonds. The molecule has 0 spiro atoms. The molecule has 0 saturated heterocycles. The predicted molar refractivity (Wildman–Crippen MR) is 210 cm³/mol. The zero-order chi connectivity index (χ0) is 33.9. The molecule has 0 unspecified atom stereocenters. The van der Waals surface area contributed by atoms with Crippen LogP contribution in [0.4, 0.5) is 17.1 Å². The Labute approximate surface area is 296 Å². The summed E-state index contributed by atoms with van der Waals surface area (Å²) in [5, 5.41) is 4.65. The first kappa shape index (κ1) is 29.3. The largest absolute Gasteiger partial charge is 0.457 e. The van der Waals surface area contributed by atoms with Gasteiger partial charge in [-0.15, -0.1) is 0 Å². The molecule has 3 nitrogen and oxygen atoms in total. The van der Waals surface area contributed by atoms with Gasteiger partial charge < -0.3 is 14.1 Å². The van der Waals surface area contributed by atoms with E-state index < -0.39 is 0 Å². The van der Waals surface area contributed by atoms with Gasteiger partial charge in [-0.3, -0.25) is 0 Å². The van der Waals surface area contributed by atoms with E-state index in [-0.39, 0.29) is 5.92 Å². The molecule has 51 heavy (non-hydrogen) atoms. The molecule has 2 heterocycles. The summed E-state index contributed by atoms with van der Waals surface area (Å²) in [6.07, 6.45) is 0. The van der Waals surface area contributed by atoms with Crippen molar-refractivity contribution in [2.24, 2.45) is 0 Å². The Bertz CT molecular complexity index is 2730. The molecule has 9 aromatic rings. The van der Waals surface area contributed by atoms with E-state index in [1.165, 1.54) is 44.2 Å². The van der Waals surface area contributed by atoms with Crippen molar-refractivity contribution in [3.05, 3.63) is 198 Å². The molecule has 3 heteroatoms. The number of nitrogens with zero attached hydrogens (tertiary/aromatic N) is 1. The van der Waals surface area contributed by atoms with Crippen LogP contribution in [0.5, 0.6) is 11.5 Å². The summed E-state index contributed by atoms with van der Waals surface area (Å²) < 4.78 is 12.8. The number of anilines is 3. The summed E-state index contributed by atoms with van der Waals surface area (Å²) in [6.45, 7) is 2.25. The second kappa shape index (κ2) is 11.8. The van der Waals surface area contributed by atoms with Gasteiger partial charge in [0.15, 0.2) is 0 Å². The van der Waals surface area contributed by atoms with E-state index in [0.717, 1.165) is 50.5 Å². The highest BCUT2D eigenvalue weighted by Crippen LogP contribution is 2.50. The maximum Gasteiger partial charge on any atom is 0.137 e. The van der Waals surface area contributed by atoms with Gasteiger partial charge in [0, 0.05) is 50.9 Å². The van der Waals surface area contributed by atoms with Crippen LogP contribution in [0.15, 0.2) is 180 Å². The number of ether oxygens (including phenoxy) is 1. The highest BCUT2D eigenvalue weighted by molar-refractivity contribution is 6.06. The number of para-hydroxylation sites is 3. The number of rotatable bonds is 5. The van der Waals surface area contributed by atoms with Crippen LogP contribution in [0.25, 0.3) is 43.8 Å². The van der Waals surface area contributed by atoms with E-state index in [1.807, 2.05) is 24.3 Å². The molecule has 0 aliphatic carbocycles. The maximum absolute atomic E-state index is 6.41. The van der Waals surface area contributed by atoms with Crippen molar-refractivity contribution < 1.29 is 9.15 Å². The fourth-order valence-corrected chi connectivity index (χ4v) is 7.99. The van der Waals surface area contributed by atoms with Crippen molar-refractivity contribution in [3.63, 3.8) is 0 Å². The molecule has 8 aromatic carbocycles. The van der Waals surface area contributed by atoms with Crippen molar-refractivity contribution in [1.29, 1.82) is 0 Å². The number of furan rings is 1. The average Bonchev–Trinajstić information content (AvgIpc) is 3.56. The lowest BCUT2D eigenvalue weighted by molar-refractivity contribution is 0.453. The first-order valence-corrected chi connectivity index (χ1v) is 17.5. The van der Waals surface area contributed by atoms with E-state index in [9.17, 15) is 0 Å². The van der Waals surface area contributed by atoms with E-state index in [0.29, 0.717) is 0 Å². The highest BCUT2D eigenvalue weighted by atomic mass is 16.5. The Kier molecular flexibility index (Phi) is 6.78. The first-order chi connectivity index (χ1) is 25.2. The second-order valence-electron chi connectivity index (χ2n) is 13.3. The van der Waals surface area contributed by atoms with E-state index >= 15 is 0 Å². The minimum atomic E-state index is 0.0255. The minimum absolute atomic E-state index is 0.0255. The Balaban J connectivity index is 1.18. The topological polar surface area (TPSA) is 25.6 Å². The predicted octanol–water partition coefficient (Wildman–Crippen LogP) is 13.5. The van der Waals surface area contributed by atoms with Gasteiger partial charge in [-0.05, 0) is 88.5 Å². The monoisotopic (exact) mass is 655 g/mol. The summed E-state index contributed by atoms with van der Waals surface area (Å²) in [5.74, 6) is 1.84. The molecule has 0 radical (unpaired) electrons. The number of hydrogen-bond acceptors (Lipinski definition) is 3. The van der Waals surface area contributed by atoms with E-state index in [2.05, 4.69) is 163 Å². The molecule has 10 rings (SSSR count). The van der Waals surface area contributed by atoms with Crippen LogP contribution in [-0.4, -0.2) is 0 Å². The summed E-state index contributed by atoms with van der Waals surface area (Å²) >= 11 is 0. The average molecular weight is 656 g/mol. The highest BCUT2D eigenvalue weighted by Gasteiger charge is 2.30. The fourth-order valence-electron chi connectivity index (χ4n) is 7.99. The second-order valence-corrected chi connectivity index (χ2v) is 13.3. The van der Waals surface area contributed by atoms with Crippen molar-refractivity contribution >= 4 is 49.8 Å². The quantitative estimate of drug-likeness (QED) is 0.185.